The minimum Gasteiger partial charge on any atom is -0.383 e. The van der Waals surface area contributed by atoms with Crippen molar-refractivity contribution in [2.45, 2.75) is 18.1 Å². The number of pyridine rings is 1. The molecular formula is C13H13N5OS. The van der Waals surface area contributed by atoms with E-state index in [1.54, 1.807) is 17.3 Å². The van der Waals surface area contributed by atoms with Crippen LogP contribution >= 0.6 is 11.8 Å². The number of thioether (sulfide) groups is 1. The van der Waals surface area contributed by atoms with Crippen LogP contribution in [0.2, 0.25) is 0 Å². The molecule has 0 radical (unpaired) electrons. The van der Waals surface area contributed by atoms with Crippen LogP contribution in [-0.4, -0.2) is 27.1 Å². The quantitative estimate of drug-likeness (QED) is 0.676. The summed E-state index contributed by atoms with van der Waals surface area (Å²) in [6.45, 7) is 0.448. The molecule has 2 N–H and O–H groups in total. The van der Waals surface area contributed by atoms with Crippen molar-refractivity contribution in [3.63, 3.8) is 0 Å². The molecule has 0 aliphatic carbocycles. The van der Waals surface area contributed by atoms with E-state index in [-0.39, 0.29) is 12.3 Å². The Morgan fingerprint density at radius 3 is 3.00 bits per heavy atom. The highest BCUT2D eigenvalue weighted by molar-refractivity contribution is 7.98. The summed E-state index contributed by atoms with van der Waals surface area (Å²) in [7, 11) is 0. The third kappa shape index (κ3) is 2.20. The van der Waals surface area contributed by atoms with E-state index >= 15 is 0 Å². The highest BCUT2D eigenvalue weighted by Crippen LogP contribution is 2.32. The third-order valence-corrected chi connectivity index (χ3v) is 3.68. The van der Waals surface area contributed by atoms with E-state index in [2.05, 4.69) is 15.0 Å². The lowest BCUT2D eigenvalue weighted by atomic mass is 10.2. The number of anilines is 2. The Morgan fingerprint density at radius 2 is 2.30 bits per heavy atom. The van der Waals surface area contributed by atoms with Gasteiger partial charge in [-0.15, -0.1) is 0 Å². The van der Waals surface area contributed by atoms with Crippen molar-refractivity contribution in [2.24, 2.45) is 0 Å². The maximum Gasteiger partial charge on any atom is 0.233 e. The van der Waals surface area contributed by atoms with Gasteiger partial charge in [0, 0.05) is 18.0 Å². The first-order chi connectivity index (χ1) is 9.69. The van der Waals surface area contributed by atoms with Crippen LogP contribution in [0.15, 0.2) is 29.7 Å². The zero-order chi connectivity index (χ0) is 14.1. The molecule has 0 atom stereocenters. The second-order valence-electron chi connectivity index (χ2n) is 4.42. The van der Waals surface area contributed by atoms with E-state index in [0.717, 1.165) is 11.1 Å². The van der Waals surface area contributed by atoms with Crippen LogP contribution in [0, 0.1) is 0 Å². The summed E-state index contributed by atoms with van der Waals surface area (Å²) in [6.07, 6.45) is 5.58. The zero-order valence-electron chi connectivity index (χ0n) is 10.9. The van der Waals surface area contributed by atoms with Crippen LogP contribution < -0.4 is 10.6 Å². The maximum atomic E-state index is 12.2. The number of carbonyl (C=O) groups is 1. The number of amides is 1. The molecule has 0 unspecified atom stereocenters. The van der Waals surface area contributed by atoms with Crippen molar-refractivity contribution in [3.05, 3.63) is 35.7 Å². The predicted octanol–water partition coefficient (Wildman–Crippen LogP) is 1.27. The van der Waals surface area contributed by atoms with Gasteiger partial charge in [-0.25, -0.2) is 9.97 Å². The highest BCUT2D eigenvalue weighted by atomic mass is 32.2. The summed E-state index contributed by atoms with van der Waals surface area (Å²) in [5.41, 5.74) is 7.58. The Labute approximate surface area is 120 Å². The van der Waals surface area contributed by atoms with E-state index < -0.39 is 0 Å². The molecule has 0 bridgehead atoms. The second kappa shape index (κ2) is 5.09. The van der Waals surface area contributed by atoms with Gasteiger partial charge in [-0.05, 0) is 17.9 Å². The second-order valence-corrected chi connectivity index (χ2v) is 5.19. The Kier molecular flexibility index (Phi) is 3.27. The number of nitrogen functional groups attached to an aromatic ring is 1. The molecule has 20 heavy (non-hydrogen) atoms. The van der Waals surface area contributed by atoms with Gasteiger partial charge in [-0.2, -0.15) is 0 Å². The van der Waals surface area contributed by atoms with Gasteiger partial charge in [0.05, 0.1) is 13.0 Å². The average molecular weight is 287 g/mol. The molecule has 0 fully saturated rings. The van der Waals surface area contributed by atoms with E-state index in [1.165, 1.54) is 11.8 Å². The normalized spacial score (nSPS) is 13.7. The van der Waals surface area contributed by atoms with Crippen molar-refractivity contribution >= 4 is 29.3 Å². The molecule has 2 aromatic rings. The number of aromatic nitrogens is 3. The molecule has 0 aromatic carbocycles. The van der Waals surface area contributed by atoms with Gasteiger partial charge in [0.15, 0.2) is 5.16 Å². The van der Waals surface area contributed by atoms with Gasteiger partial charge >= 0.3 is 0 Å². The van der Waals surface area contributed by atoms with Crippen molar-refractivity contribution in [2.75, 3.05) is 16.9 Å². The lowest BCUT2D eigenvalue weighted by molar-refractivity contribution is -0.117. The van der Waals surface area contributed by atoms with Crippen LogP contribution in [-0.2, 0) is 17.8 Å². The number of nitrogens with two attached hydrogens (primary N) is 1. The highest BCUT2D eigenvalue weighted by Gasteiger charge is 2.31. The molecule has 3 rings (SSSR count). The monoisotopic (exact) mass is 287 g/mol. The summed E-state index contributed by atoms with van der Waals surface area (Å²) in [6, 6.07) is 3.77. The van der Waals surface area contributed by atoms with Gasteiger partial charge in [0.2, 0.25) is 5.91 Å². The molecule has 3 heterocycles. The van der Waals surface area contributed by atoms with Crippen molar-refractivity contribution in [1.82, 2.24) is 15.0 Å². The van der Waals surface area contributed by atoms with Crippen LogP contribution in [0.4, 0.5) is 11.6 Å². The van der Waals surface area contributed by atoms with E-state index in [4.69, 9.17) is 5.73 Å². The smallest absolute Gasteiger partial charge is 0.233 e. The van der Waals surface area contributed by atoms with Crippen LogP contribution in [0.1, 0.15) is 11.1 Å². The first-order valence-electron chi connectivity index (χ1n) is 6.08. The molecule has 0 saturated carbocycles. The topological polar surface area (TPSA) is 85.0 Å². The van der Waals surface area contributed by atoms with Gasteiger partial charge < -0.3 is 5.73 Å². The largest absolute Gasteiger partial charge is 0.383 e. The Hall–Kier alpha value is -2.15. The van der Waals surface area contributed by atoms with Crippen LogP contribution in [0.5, 0.6) is 0 Å². The Bertz CT molecular complexity index is 661. The summed E-state index contributed by atoms with van der Waals surface area (Å²) in [5.74, 6) is 1.00. The minimum atomic E-state index is -0.0110. The Balaban J connectivity index is 1.99. The van der Waals surface area contributed by atoms with Gasteiger partial charge in [0.1, 0.15) is 11.6 Å². The molecule has 7 heteroatoms. The third-order valence-electron chi connectivity index (χ3n) is 3.13. The van der Waals surface area contributed by atoms with E-state index in [1.807, 2.05) is 18.4 Å². The SMILES string of the molecule is CSc1nc(N)c2c(n1)N(Cc1cccnc1)C(=O)C2. The number of nitrogens with zero attached hydrogens (tertiary/aromatic N) is 4. The Morgan fingerprint density at radius 1 is 1.45 bits per heavy atom. The standard InChI is InChI=1S/C13H13N5OS/c1-20-13-16-11(14)9-5-10(19)18(12(9)17-13)7-8-3-2-4-15-6-8/h2-4,6H,5,7H2,1H3,(H2,14,16,17). The number of carbonyl (C=O) groups excluding carboxylic acids is 1. The lowest BCUT2D eigenvalue weighted by Crippen LogP contribution is -2.26. The first-order valence-corrected chi connectivity index (χ1v) is 7.31. The van der Waals surface area contributed by atoms with Crippen molar-refractivity contribution in [3.8, 4) is 0 Å². The fourth-order valence-electron chi connectivity index (χ4n) is 2.15. The summed E-state index contributed by atoms with van der Waals surface area (Å²) in [5, 5.41) is 0.576. The molecule has 1 aliphatic heterocycles. The van der Waals surface area contributed by atoms with E-state index in [0.29, 0.717) is 23.3 Å². The molecule has 6 nitrogen and oxygen atoms in total. The fraction of sp³-hybridized carbons (Fsp3) is 0.231. The average Bonchev–Trinajstić information content (AvgIpc) is 2.77. The van der Waals surface area contributed by atoms with Crippen molar-refractivity contribution < 1.29 is 4.79 Å². The summed E-state index contributed by atoms with van der Waals surface area (Å²) in [4.78, 5) is 26.5. The number of rotatable bonds is 3. The van der Waals surface area contributed by atoms with Gasteiger partial charge in [-0.3, -0.25) is 14.7 Å². The fourth-order valence-corrected chi connectivity index (χ4v) is 2.52. The van der Waals surface area contributed by atoms with Gasteiger partial charge in [0.25, 0.3) is 0 Å². The predicted molar refractivity (Wildman–Crippen MR) is 77.4 cm³/mol. The summed E-state index contributed by atoms with van der Waals surface area (Å²) < 4.78 is 0. The summed E-state index contributed by atoms with van der Waals surface area (Å²) >= 11 is 1.41. The maximum absolute atomic E-state index is 12.2. The number of fused-ring (bicyclic) bond motifs is 1. The van der Waals surface area contributed by atoms with E-state index in [9.17, 15) is 4.79 Å². The molecule has 0 spiro atoms. The number of hydrogen-bond acceptors (Lipinski definition) is 6. The zero-order valence-corrected chi connectivity index (χ0v) is 11.7. The molecule has 0 saturated heterocycles. The molecule has 102 valence electrons. The molecule has 1 amide bonds. The number of hydrogen-bond donors (Lipinski definition) is 1. The molecular weight excluding hydrogens is 274 g/mol. The van der Waals surface area contributed by atoms with Crippen LogP contribution in [0.3, 0.4) is 0 Å². The molecule has 1 aliphatic rings. The minimum absolute atomic E-state index is 0.0110. The van der Waals surface area contributed by atoms with Crippen LogP contribution in [0.25, 0.3) is 0 Å². The first kappa shape index (κ1) is 12.9. The van der Waals surface area contributed by atoms with Crippen molar-refractivity contribution in [1.29, 1.82) is 0 Å². The molecule has 2 aromatic heterocycles. The lowest BCUT2D eigenvalue weighted by Gasteiger charge is -2.16. The van der Waals surface area contributed by atoms with Gasteiger partial charge in [-0.1, -0.05) is 17.8 Å².